The first-order valence-electron chi connectivity index (χ1n) is 15.8. The normalized spacial score (nSPS) is 11.8. The molecule has 0 aliphatic heterocycles. The molecule has 10 aromatic rings. The monoisotopic (exact) mass is 615 g/mol. The van der Waals surface area contributed by atoms with Crippen LogP contribution in [-0.4, -0.2) is 9.13 Å². The Bertz CT molecular complexity index is 2880. The van der Waals surface area contributed by atoms with Gasteiger partial charge in [-0.05, 0) is 60.2 Å². The van der Waals surface area contributed by atoms with E-state index < -0.39 is 0 Å². The van der Waals surface area contributed by atoms with Crippen LogP contribution in [0, 0.1) is 11.3 Å². The molecule has 3 heterocycles. The summed E-state index contributed by atoms with van der Waals surface area (Å²) in [5.41, 5.74) is 9.24. The third-order valence-corrected chi connectivity index (χ3v) is 10.7. The molecule has 0 aliphatic carbocycles. The third-order valence-electron chi connectivity index (χ3n) is 9.55. The van der Waals surface area contributed by atoms with Crippen LogP contribution in [-0.2, 0) is 0 Å². The summed E-state index contributed by atoms with van der Waals surface area (Å²) in [7, 11) is 0. The van der Waals surface area contributed by atoms with Gasteiger partial charge in [0.15, 0.2) is 0 Å². The van der Waals surface area contributed by atoms with Crippen LogP contribution in [0.3, 0.4) is 0 Å². The summed E-state index contributed by atoms with van der Waals surface area (Å²) in [4.78, 5) is 0. The standard InChI is InChI=1S/C43H25N3S/c44-26-28-12-10-18-30(43(28)46-38-20-6-1-14-31(38)32-15-2-7-21-39(32)46)27-11-9-13-29(23-27)45-37-19-5-3-16-33(37)35-25-42-36(24-40(35)45)34-17-4-8-22-41(34)47-42/h1-25H. The van der Waals surface area contributed by atoms with Crippen molar-refractivity contribution in [2.75, 3.05) is 0 Å². The number of aromatic nitrogens is 2. The highest BCUT2D eigenvalue weighted by Crippen LogP contribution is 2.42. The van der Waals surface area contributed by atoms with E-state index in [9.17, 15) is 5.26 Å². The zero-order chi connectivity index (χ0) is 31.1. The number of nitrogens with zero attached hydrogens (tertiary/aromatic N) is 3. The largest absolute Gasteiger partial charge is 0.309 e. The Kier molecular flexibility index (Phi) is 5.51. The average molecular weight is 616 g/mol. The number of para-hydroxylation sites is 4. The predicted molar refractivity (Wildman–Crippen MR) is 198 cm³/mol. The second-order valence-electron chi connectivity index (χ2n) is 12.0. The van der Waals surface area contributed by atoms with Gasteiger partial charge in [0.2, 0.25) is 0 Å². The van der Waals surface area contributed by atoms with Gasteiger partial charge >= 0.3 is 0 Å². The molecule has 0 amide bonds. The van der Waals surface area contributed by atoms with Gasteiger partial charge in [-0.15, -0.1) is 11.3 Å². The first-order valence-corrected chi connectivity index (χ1v) is 16.6. The van der Waals surface area contributed by atoms with Gasteiger partial charge in [-0.1, -0.05) is 97.1 Å². The molecule has 0 radical (unpaired) electrons. The molecule has 4 heteroatoms. The molecule has 0 spiro atoms. The number of hydrogen-bond acceptors (Lipinski definition) is 2. The molecule has 0 saturated heterocycles. The van der Waals surface area contributed by atoms with Crippen molar-refractivity contribution in [3.8, 4) is 28.6 Å². The molecular formula is C43H25N3S. The van der Waals surface area contributed by atoms with Gasteiger partial charge in [0, 0.05) is 53.0 Å². The van der Waals surface area contributed by atoms with Gasteiger partial charge in [0.1, 0.15) is 6.07 Å². The van der Waals surface area contributed by atoms with Crippen LogP contribution in [0.2, 0.25) is 0 Å². The minimum absolute atomic E-state index is 0.642. The molecule has 3 nitrogen and oxygen atoms in total. The van der Waals surface area contributed by atoms with Crippen LogP contribution >= 0.6 is 11.3 Å². The first kappa shape index (κ1) is 26.1. The quantitative estimate of drug-likeness (QED) is 0.195. The van der Waals surface area contributed by atoms with Crippen LogP contribution in [0.1, 0.15) is 5.56 Å². The summed E-state index contributed by atoms with van der Waals surface area (Å²) < 4.78 is 7.28. The van der Waals surface area contributed by atoms with Crippen molar-refractivity contribution in [1.29, 1.82) is 5.26 Å². The van der Waals surface area contributed by atoms with E-state index in [-0.39, 0.29) is 0 Å². The zero-order valence-corrected chi connectivity index (χ0v) is 26.0. The maximum Gasteiger partial charge on any atom is 0.101 e. The molecule has 0 unspecified atom stereocenters. The average Bonchev–Trinajstić information content (AvgIpc) is 3.77. The van der Waals surface area contributed by atoms with Crippen LogP contribution in [0.4, 0.5) is 0 Å². The van der Waals surface area contributed by atoms with Crippen molar-refractivity contribution >= 4 is 75.1 Å². The summed E-state index contributed by atoms with van der Waals surface area (Å²) in [6, 6.07) is 56.4. The molecule has 0 fully saturated rings. The Morgan fingerprint density at radius 2 is 1.06 bits per heavy atom. The number of thiophene rings is 1. The van der Waals surface area contributed by atoms with Crippen molar-refractivity contribution in [2.45, 2.75) is 0 Å². The zero-order valence-electron chi connectivity index (χ0n) is 25.2. The Morgan fingerprint density at radius 3 is 1.79 bits per heavy atom. The van der Waals surface area contributed by atoms with E-state index in [2.05, 4.69) is 155 Å². The van der Waals surface area contributed by atoms with Gasteiger partial charge in [0.05, 0.1) is 33.3 Å². The lowest BCUT2D eigenvalue weighted by molar-refractivity contribution is 1.16. The number of fused-ring (bicyclic) bond motifs is 9. The summed E-state index contributed by atoms with van der Waals surface area (Å²) in [5.74, 6) is 0. The second kappa shape index (κ2) is 9.92. The van der Waals surface area contributed by atoms with E-state index in [4.69, 9.17) is 0 Å². The van der Waals surface area contributed by atoms with Crippen molar-refractivity contribution in [3.63, 3.8) is 0 Å². The molecule has 0 atom stereocenters. The van der Waals surface area contributed by atoms with E-state index in [1.165, 1.54) is 52.8 Å². The van der Waals surface area contributed by atoms with Gasteiger partial charge < -0.3 is 9.13 Å². The second-order valence-corrected chi connectivity index (χ2v) is 13.1. The van der Waals surface area contributed by atoms with Crippen molar-refractivity contribution in [1.82, 2.24) is 9.13 Å². The lowest BCUT2D eigenvalue weighted by Crippen LogP contribution is -2.01. The number of nitriles is 1. The summed E-state index contributed by atoms with van der Waals surface area (Å²) in [6.45, 7) is 0. The van der Waals surface area contributed by atoms with E-state index in [1.54, 1.807) is 0 Å². The topological polar surface area (TPSA) is 33.6 Å². The van der Waals surface area contributed by atoms with Gasteiger partial charge in [-0.2, -0.15) is 5.26 Å². The van der Waals surface area contributed by atoms with Crippen LogP contribution in [0.15, 0.2) is 152 Å². The lowest BCUT2D eigenvalue weighted by Gasteiger charge is -2.17. The van der Waals surface area contributed by atoms with E-state index >= 15 is 0 Å². The van der Waals surface area contributed by atoms with Gasteiger partial charge in [0.25, 0.3) is 0 Å². The maximum absolute atomic E-state index is 10.5. The predicted octanol–water partition coefficient (Wildman–Crippen LogP) is 11.8. The van der Waals surface area contributed by atoms with Gasteiger partial charge in [-0.3, -0.25) is 0 Å². The number of rotatable bonds is 3. The van der Waals surface area contributed by atoms with E-state index in [0.29, 0.717) is 5.56 Å². The molecule has 7 aromatic carbocycles. The molecule has 3 aromatic heterocycles. The maximum atomic E-state index is 10.5. The highest BCUT2D eigenvalue weighted by atomic mass is 32.1. The Labute approximate surface area is 274 Å². The van der Waals surface area contributed by atoms with Crippen molar-refractivity contribution in [2.24, 2.45) is 0 Å². The highest BCUT2D eigenvalue weighted by Gasteiger charge is 2.20. The summed E-state index contributed by atoms with van der Waals surface area (Å²) in [6.07, 6.45) is 0. The molecule has 47 heavy (non-hydrogen) atoms. The number of hydrogen-bond donors (Lipinski definition) is 0. The highest BCUT2D eigenvalue weighted by molar-refractivity contribution is 7.25. The van der Waals surface area contributed by atoms with Crippen LogP contribution in [0.5, 0.6) is 0 Å². The summed E-state index contributed by atoms with van der Waals surface area (Å²) >= 11 is 1.86. The Hall–Kier alpha value is -6.15. The van der Waals surface area contributed by atoms with Crippen LogP contribution < -0.4 is 0 Å². The number of benzene rings is 7. The fraction of sp³-hybridized carbons (Fsp3) is 0. The molecule has 0 N–H and O–H groups in total. The van der Waals surface area contributed by atoms with Crippen molar-refractivity contribution in [3.05, 3.63) is 157 Å². The van der Waals surface area contributed by atoms with E-state index in [0.717, 1.165) is 33.5 Å². The van der Waals surface area contributed by atoms with E-state index in [1.807, 2.05) is 23.5 Å². The smallest absolute Gasteiger partial charge is 0.101 e. The SMILES string of the molecule is N#Cc1cccc(-c2cccc(-n3c4ccccc4c4cc5sc6ccccc6c5cc43)c2)c1-n1c2ccccc2c2ccccc21. The molecule has 218 valence electrons. The first-order chi connectivity index (χ1) is 23.3. The minimum Gasteiger partial charge on any atom is -0.309 e. The minimum atomic E-state index is 0.642. The fourth-order valence-corrected chi connectivity index (χ4v) is 8.68. The molecular weight excluding hydrogens is 591 g/mol. The lowest BCUT2D eigenvalue weighted by atomic mass is 9.99. The Balaban J connectivity index is 1.26. The van der Waals surface area contributed by atoms with Crippen molar-refractivity contribution < 1.29 is 0 Å². The van der Waals surface area contributed by atoms with Gasteiger partial charge in [-0.25, -0.2) is 0 Å². The van der Waals surface area contributed by atoms with Crippen LogP contribution in [0.25, 0.3) is 86.3 Å². The third kappa shape index (κ3) is 3.72. The molecule has 0 aliphatic rings. The molecule has 0 bridgehead atoms. The molecule has 10 rings (SSSR count). The summed E-state index contributed by atoms with van der Waals surface area (Å²) in [5, 5.41) is 17.9. The molecule has 0 saturated carbocycles. The fourth-order valence-electron chi connectivity index (χ4n) is 7.55. The Morgan fingerprint density at radius 1 is 0.447 bits per heavy atom.